The summed E-state index contributed by atoms with van der Waals surface area (Å²) in [5.74, 6) is -0.925. The standard InChI is InChI=1S/C10H12BrFN2O2/c11-7-5-8(12)9(13)4-6(7)10(16)14-2-1-3-15/h4-5,15H,1-3,13H2,(H,14,16). The maximum atomic E-state index is 13.0. The van der Waals surface area contributed by atoms with Gasteiger partial charge in [0, 0.05) is 17.6 Å². The predicted molar refractivity (Wildman–Crippen MR) is 62.5 cm³/mol. The Bertz CT molecular complexity index is 399. The van der Waals surface area contributed by atoms with E-state index < -0.39 is 5.82 Å². The molecule has 0 saturated heterocycles. The van der Waals surface area contributed by atoms with Gasteiger partial charge in [-0.05, 0) is 34.5 Å². The van der Waals surface area contributed by atoms with Crippen molar-refractivity contribution < 1.29 is 14.3 Å². The molecule has 88 valence electrons. The van der Waals surface area contributed by atoms with E-state index in [1.165, 1.54) is 6.07 Å². The first-order valence-corrected chi connectivity index (χ1v) is 5.49. The highest BCUT2D eigenvalue weighted by Crippen LogP contribution is 2.22. The lowest BCUT2D eigenvalue weighted by Gasteiger charge is -2.07. The lowest BCUT2D eigenvalue weighted by Crippen LogP contribution is -2.25. The summed E-state index contributed by atoms with van der Waals surface area (Å²) in [6.45, 7) is 0.367. The zero-order valence-electron chi connectivity index (χ0n) is 8.46. The summed E-state index contributed by atoms with van der Waals surface area (Å²) in [5, 5.41) is 11.1. The smallest absolute Gasteiger partial charge is 0.252 e. The van der Waals surface area contributed by atoms with E-state index >= 15 is 0 Å². The number of rotatable bonds is 4. The number of nitrogens with two attached hydrogens (primary N) is 1. The molecule has 4 N–H and O–H groups in total. The van der Waals surface area contributed by atoms with Crippen molar-refractivity contribution in [2.45, 2.75) is 6.42 Å². The first kappa shape index (κ1) is 12.9. The van der Waals surface area contributed by atoms with Crippen LogP contribution in [0.1, 0.15) is 16.8 Å². The van der Waals surface area contributed by atoms with Gasteiger partial charge in [-0.25, -0.2) is 4.39 Å². The van der Waals surface area contributed by atoms with Crippen molar-refractivity contribution in [1.29, 1.82) is 0 Å². The van der Waals surface area contributed by atoms with Gasteiger partial charge in [-0.3, -0.25) is 4.79 Å². The van der Waals surface area contributed by atoms with Gasteiger partial charge in [0.1, 0.15) is 5.82 Å². The van der Waals surface area contributed by atoms with E-state index in [9.17, 15) is 9.18 Å². The van der Waals surface area contributed by atoms with E-state index in [-0.39, 0.29) is 23.8 Å². The summed E-state index contributed by atoms with van der Waals surface area (Å²) in [6, 6.07) is 2.42. The van der Waals surface area contributed by atoms with Crippen molar-refractivity contribution in [1.82, 2.24) is 5.32 Å². The highest BCUT2D eigenvalue weighted by atomic mass is 79.9. The van der Waals surface area contributed by atoms with Crippen LogP contribution in [-0.4, -0.2) is 24.2 Å². The van der Waals surface area contributed by atoms with Crippen LogP contribution >= 0.6 is 15.9 Å². The molecule has 1 aromatic carbocycles. The number of aliphatic hydroxyl groups excluding tert-OH is 1. The third-order valence-corrected chi connectivity index (χ3v) is 2.61. The van der Waals surface area contributed by atoms with Crippen molar-refractivity contribution in [2.24, 2.45) is 0 Å². The monoisotopic (exact) mass is 290 g/mol. The molecule has 0 aromatic heterocycles. The maximum Gasteiger partial charge on any atom is 0.252 e. The zero-order chi connectivity index (χ0) is 12.1. The number of amides is 1. The fourth-order valence-corrected chi connectivity index (χ4v) is 1.61. The van der Waals surface area contributed by atoms with Gasteiger partial charge in [-0.1, -0.05) is 0 Å². The molecule has 0 heterocycles. The molecule has 6 heteroatoms. The largest absolute Gasteiger partial charge is 0.396 e. The van der Waals surface area contributed by atoms with Gasteiger partial charge < -0.3 is 16.2 Å². The molecule has 0 aliphatic rings. The molecule has 0 aliphatic carbocycles. The Kier molecular flexibility index (Phi) is 4.70. The van der Waals surface area contributed by atoms with Crippen LogP contribution in [-0.2, 0) is 0 Å². The van der Waals surface area contributed by atoms with Crippen LogP contribution in [0.15, 0.2) is 16.6 Å². The zero-order valence-corrected chi connectivity index (χ0v) is 10.1. The second-order valence-corrected chi connectivity index (χ2v) is 4.04. The lowest BCUT2D eigenvalue weighted by molar-refractivity contribution is 0.0950. The minimum Gasteiger partial charge on any atom is -0.396 e. The molecule has 0 fully saturated rings. The summed E-state index contributed by atoms with van der Waals surface area (Å²) in [4.78, 5) is 11.6. The summed E-state index contributed by atoms with van der Waals surface area (Å²) in [5.41, 5.74) is 5.57. The number of nitrogen functional groups attached to an aromatic ring is 1. The Hall–Kier alpha value is -1.14. The third-order valence-electron chi connectivity index (χ3n) is 1.95. The fraction of sp³-hybridized carbons (Fsp3) is 0.300. The van der Waals surface area contributed by atoms with Gasteiger partial charge in [0.2, 0.25) is 0 Å². The Balaban J connectivity index is 2.79. The number of nitrogens with one attached hydrogen (secondary N) is 1. The molecule has 4 nitrogen and oxygen atoms in total. The summed E-state index contributed by atoms with van der Waals surface area (Å²) >= 11 is 3.09. The predicted octanol–water partition coefficient (Wildman–Crippen LogP) is 1.28. The van der Waals surface area contributed by atoms with Crippen LogP contribution in [0, 0.1) is 5.82 Å². The van der Waals surface area contributed by atoms with Crippen LogP contribution < -0.4 is 11.1 Å². The molecular formula is C10H12BrFN2O2. The maximum absolute atomic E-state index is 13.0. The topological polar surface area (TPSA) is 75.4 Å². The highest BCUT2D eigenvalue weighted by Gasteiger charge is 2.12. The first-order valence-electron chi connectivity index (χ1n) is 4.70. The quantitative estimate of drug-likeness (QED) is 0.578. The SMILES string of the molecule is Nc1cc(C(=O)NCCCO)c(Br)cc1F. The number of benzene rings is 1. The van der Waals surface area contributed by atoms with E-state index in [0.29, 0.717) is 17.4 Å². The normalized spacial score (nSPS) is 10.2. The van der Waals surface area contributed by atoms with E-state index in [2.05, 4.69) is 21.2 Å². The average molecular weight is 291 g/mol. The van der Waals surface area contributed by atoms with Gasteiger partial charge in [0.25, 0.3) is 5.91 Å². The minimum atomic E-state index is -0.571. The molecule has 0 bridgehead atoms. The molecule has 1 aromatic rings. The average Bonchev–Trinajstić information content (AvgIpc) is 2.23. The minimum absolute atomic E-state index is 0.00695. The van der Waals surface area contributed by atoms with E-state index in [1.54, 1.807) is 0 Å². The number of hydrogen-bond acceptors (Lipinski definition) is 3. The highest BCUT2D eigenvalue weighted by molar-refractivity contribution is 9.10. The second kappa shape index (κ2) is 5.81. The number of hydrogen-bond donors (Lipinski definition) is 3. The van der Waals surface area contributed by atoms with Crippen molar-refractivity contribution in [2.75, 3.05) is 18.9 Å². The van der Waals surface area contributed by atoms with Crippen LogP contribution in [0.2, 0.25) is 0 Å². The molecule has 0 saturated carbocycles. The van der Waals surface area contributed by atoms with Gasteiger partial charge in [0.05, 0.1) is 11.3 Å². The number of halogens is 2. The number of carbonyl (C=O) groups is 1. The molecule has 0 radical (unpaired) electrons. The summed E-state index contributed by atoms with van der Waals surface area (Å²) in [6.07, 6.45) is 0.472. The van der Waals surface area contributed by atoms with Crippen LogP contribution in [0.5, 0.6) is 0 Å². The van der Waals surface area contributed by atoms with Gasteiger partial charge in [0.15, 0.2) is 0 Å². The molecular weight excluding hydrogens is 279 g/mol. The van der Waals surface area contributed by atoms with Crippen LogP contribution in [0.3, 0.4) is 0 Å². The van der Waals surface area contributed by atoms with E-state index in [1.807, 2.05) is 0 Å². The summed E-state index contributed by atoms with van der Waals surface area (Å²) in [7, 11) is 0. The van der Waals surface area contributed by atoms with Gasteiger partial charge in [-0.15, -0.1) is 0 Å². The molecule has 1 rings (SSSR count). The number of carbonyl (C=O) groups excluding carboxylic acids is 1. The first-order chi connectivity index (χ1) is 7.56. The molecule has 0 spiro atoms. The van der Waals surface area contributed by atoms with Gasteiger partial charge in [-0.2, -0.15) is 0 Å². The molecule has 16 heavy (non-hydrogen) atoms. The van der Waals surface area contributed by atoms with E-state index in [0.717, 1.165) is 6.07 Å². The van der Waals surface area contributed by atoms with Crippen molar-refractivity contribution in [3.63, 3.8) is 0 Å². The van der Waals surface area contributed by atoms with Crippen LogP contribution in [0.4, 0.5) is 10.1 Å². The van der Waals surface area contributed by atoms with Gasteiger partial charge >= 0.3 is 0 Å². The Morgan fingerprint density at radius 3 is 2.88 bits per heavy atom. The summed E-state index contributed by atoms with van der Waals surface area (Å²) < 4.78 is 13.4. The van der Waals surface area contributed by atoms with Crippen molar-refractivity contribution >= 4 is 27.5 Å². The van der Waals surface area contributed by atoms with E-state index in [4.69, 9.17) is 10.8 Å². The fourth-order valence-electron chi connectivity index (χ4n) is 1.12. The Morgan fingerprint density at radius 2 is 2.25 bits per heavy atom. The second-order valence-electron chi connectivity index (χ2n) is 3.19. The number of anilines is 1. The molecule has 0 aliphatic heterocycles. The number of aliphatic hydroxyl groups is 1. The Labute approximate surface area is 101 Å². The van der Waals surface area contributed by atoms with Crippen molar-refractivity contribution in [3.8, 4) is 0 Å². The molecule has 0 atom stereocenters. The third kappa shape index (κ3) is 3.18. The molecule has 1 amide bonds. The van der Waals surface area contributed by atoms with Crippen molar-refractivity contribution in [3.05, 3.63) is 28.0 Å². The Morgan fingerprint density at radius 1 is 1.56 bits per heavy atom. The lowest BCUT2D eigenvalue weighted by atomic mass is 10.2. The van der Waals surface area contributed by atoms with Crippen LogP contribution in [0.25, 0.3) is 0 Å². The molecule has 0 unspecified atom stereocenters.